The van der Waals surface area contributed by atoms with Crippen LogP contribution >= 0.6 is 0 Å². The van der Waals surface area contributed by atoms with Crippen LogP contribution in [0.3, 0.4) is 0 Å². The largest absolute Gasteiger partial charge is 0.0776 e. The van der Waals surface area contributed by atoms with E-state index in [-0.39, 0.29) is 22.3 Å². The van der Waals surface area contributed by atoms with Gasteiger partial charge in [-0.3, -0.25) is 0 Å². The van der Waals surface area contributed by atoms with Crippen molar-refractivity contribution in [3.63, 3.8) is 0 Å². The second-order valence-electron chi connectivity index (χ2n) is 5.08. The van der Waals surface area contributed by atoms with Crippen LogP contribution in [0.5, 0.6) is 0 Å². The first kappa shape index (κ1) is 36.8. The van der Waals surface area contributed by atoms with Gasteiger partial charge in [0.25, 0.3) is 0 Å². The van der Waals surface area contributed by atoms with E-state index in [4.69, 9.17) is 0 Å². The van der Waals surface area contributed by atoms with Crippen LogP contribution < -0.4 is 0 Å². The lowest BCUT2D eigenvalue weighted by atomic mass is 9.84. The molecule has 0 nitrogen and oxygen atoms in total. The van der Waals surface area contributed by atoms with Crippen LogP contribution in [-0.4, -0.2) is 0 Å². The fraction of sp³-hybridized carbons (Fsp3) is 1.00. The summed E-state index contributed by atoms with van der Waals surface area (Å²) in [6, 6.07) is 0. The minimum atomic E-state index is 0. The van der Waals surface area contributed by atoms with Gasteiger partial charge in [0.05, 0.1) is 0 Å². The van der Waals surface area contributed by atoms with Gasteiger partial charge in [0.2, 0.25) is 0 Å². The SMILES string of the molecule is C.C.C.CC.CC1CCCC(C)C1.CCC.CCCC. The molecule has 0 aliphatic heterocycles. The van der Waals surface area contributed by atoms with E-state index in [2.05, 4.69) is 41.5 Å². The molecule has 132 valence electrons. The molecule has 1 fully saturated rings. The Labute approximate surface area is 135 Å². The van der Waals surface area contributed by atoms with Crippen molar-refractivity contribution in [2.45, 2.75) is 123 Å². The van der Waals surface area contributed by atoms with Crippen molar-refractivity contribution in [1.82, 2.24) is 0 Å². The molecule has 0 amide bonds. The van der Waals surface area contributed by atoms with E-state index in [1.54, 1.807) is 0 Å². The lowest BCUT2D eigenvalue weighted by Gasteiger charge is -2.22. The summed E-state index contributed by atoms with van der Waals surface area (Å²) in [5.41, 5.74) is 0. The Morgan fingerprint density at radius 1 is 0.700 bits per heavy atom. The maximum atomic E-state index is 2.37. The van der Waals surface area contributed by atoms with Crippen LogP contribution in [-0.2, 0) is 0 Å². The Morgan fingerprint density at radius 2 is 0.950 bits per heavy atom. The zero-order valence-electron chi connectivity index (χ0n) is 14.1. The molecule has 0 radical (unpaired) electrons. The van der Waals surface area contributed by atoms with Crippen molar-refractivity contribution < 1.29 is 0 Å². The first-order valence-electron chi connectivity index (χ1n) is 8.12. The monoisotopic (exact) mass is 292 g/mol. The molecule has 0 aromatic heterocycles. The summed E-state index contributed by atoms with van der Waals surface area (Å²) in [6.45, 7) is 17.4. The standard InChI is InChI=1S/C8H16.C4H10.C3H8.C2H6.3CH4/c1-7-4-3-5-8(2)6-7;1-3-4-2;1-3-2;1-2;;;/h7-8H,3-6H2,1-2H3;3-4H2,1-2H3;3H2,1-2H3;1-2H3;3*1H4. The van der Waals surface area contributed by atoms with Gasteiger partial charge in [-0.15, -0.1) is 0 Å². The van der Waals surface area contributed by atoms with Gasteiger partial charge >= 0.3 is 0 Å². The van der Waals surface area contributed by atoms with Crippen molar-refractivity contribution >= 4 is 0 Å². The number of hydrogen-bond acceptors (Lipinski definition) is 0. The molecule has 20 heavy (non-hydrogen) atoms. The van der Waals surface area contributed by atoms with E-state index in [1.165, 1.54) is 44.9 Å². The topological polar surface area (TPSA) is 0 Å². The second-order valence-corrected chi connectivity index (χ2v) is 5.08. The summed E-state index contributed by atoms with van der Waals surface area (Å²) in [4.78, 5) is 0. The van der Waals surface area contributed by atoms with Crippen molar-refractivity contribution in [3.8, 4) is 0 Å². The molecule has 0 aromatic carbocycles. The summed E-state index contributed by atoms with van der Waals surface area (Å²) in [5.74, 6) is 2.03. The zero-order valence-corrected chi connectivity index (χ0v) is 14.1. The second kappa shape index (κ2) is 36.4. The fourth-order valence-corrected chi connectivity index (χ4v) is 1.74. The Bertz CT molecular complexity index is 86.2. The third kappa shape index (κ3) is 43.0. The molecule has 1 rings (SSSR count). The van der Waals surface area contributed by atoms with E-state index in [0.29, 0.717) is 0 Å². The normalized spacial score (nSPS) is 18.6. The van der Waals surface area contributed by atoms with E-state index >= 15 is 0 Å². The molecule has 0 heteroatoms. The minimum Gasteiger partial charge on any atom is -0.0776 e. The van der Waals surface area contributed by atoms with Crippen LogP contribution in [0.2, 0.25) is 0 Å². The highest BCUT2D eigenvalue weighted by Gasteiger charge is 2.13. The summed E-state index contributed by atoms with van der Waals surface area (Å²) in [6.07, 6.45) is 9.79. The predicted octanol–water partition coefficient (Wildman–Crippen LogP) is 8.99. The Hall–Kier alpha value is 0. The molecule has 1 aliphatic rings. The van der Waals surface area contributed by atoms with Crippen LogP contribution in [0.4, 0.5) is 0 Å². The number of unbranched alkanes of at least 4 members (excludes halogenated alkanes) is 1. The molecular weight excluding hydrogens is 240 g/mol. The lowest BCUT2D eigenvalue weighted by Crippen LogP contribution is -2.09. The first-order valence-corrected chi connectivity index (χ1v) is 8.12. The minimum absolute atomic E-state index is 0. The molecule has 1 saturated carbocycles. The molecule has 2 atom stereocenters. The van der Waals surface area contributed by atoms with E-state index in [0.717, 1.165) is 11.8 Å². The average molecular weight is 293 g/mol. The van der Waals surface area contributed by atoms with Gasteiger partial charge in [-0.1, -0.05) is 116 Å². The van der Waals surface area contributed by atoms with Gasteiger partial charge in [-0.2, -0.15) is 0 Å². The van der Waals surface area contributed by atoms with Crippen molar-refractivity contribution in [2.75, 3.05) is 0 Å². The third-order valence-corrected chi connectivity index (χ3v) is 2.70. The van der Waals surface area contributed by atoms with E-state index < -0.39 is 0 Å². The highest BCUT2D eigenvalue weighted by Crippen LogP contribution is 2.27. The van der Waals surface area contributed by atoms with Crippen LogP contribution in [0.25, 0.3) is 0 Å². The molecule has 0 N–H and O–H groups in total. The van der Waals surface area contributed by atoms with Gasteiger partial charge in [0.1, 0.15) is 0 Å². The summed E-state index contributed by atoms with van der Waals surface area (Å²) >= 11 is 0. The van der Waals surface area contributed by atoms with E-state index in [9.17, 15) is 0 Å². The molecule has 0 spiro atoms. The van der Waals surface area contributed by atoms with Crippen molar-refractivity contribution in [2.24, 2.45) is 11.8 Å². The van der Waals surface area contributed by atoms with Crippen molar-refractivity contribution in [3.05, 3.63) is 0 Å². The van der Waals surface area contributed by atoms with Crippen LogP contribution in [0.1, 0.15) is 123 Å². The maximum Gasteiger partial charge on any atom is -0.0440 e. The van der Waals surface area contributed by atoms with Gasteiger partial charge < -0.3 is 0 Å². The van der Waals surface area contributed by atoms with Crippen LogP contribution in [0.15, 0.2) is 0 Å². The molecular formula is C20H52. The first-order chi connectivity index (χ1) is 8.12. The molecule has 0 heterocycles. The van der Waals surface area contributed by atoms with E-state index in [1.807, 2.05) is 13.8 Å². The average Bonchev–Trinajstić information content (AvgIpc) is 2.33. The Kier molecular flexibility index (Phi) is 67.1. The molecule has 0 saturated heterocycles. The summed E-state index contributed by atoms with van der Waals surface area (Å²) in [7, 11) is 0. The number of rotatable bonds is 1. The third-order valence-electron chi connectivity index (χ3n) is 2.70. The fourth-order valence-electron chi connectivity index (χ4n) is 1.74. The van der Waals surface area contributed by atoms with Gasteiger partial charge in [0, 0.05) is 0 Å². The van der Waals surface area contributed by atoms with Gasteiger partial charge in [-0.05, 0) is 18.3 Å². The van der Waals surface area contributed by atoms with Gasteiger partial charge in [0.15, 0.2) is 0 Å². The smallest absolute Gasteiger partial charge is 0.0440 e. The molecule has 1 aliphatic carbocycles. The van der Waals surface area contributed by atoms with Crippen molar-refractivity contribution in [1.29, 1.82) is 0 Å². The summed E-state index contributed by atoms with van der Waals surface area (Å²) in [5, 5.41) is 0. The number of hydrogen-bond donors (Lipinski definition) is 0. The highest BCUT2D eigenvalue weighted by molar-refractivity contribution is 4.66. The highest BCUT2D eigenvalue weighted by atomic mass is 14.2. The predicted molar refractivity (Wildman–Crippen MR) is 105 cm³/mol. The molecule has 0 bridgehead atoms. The Morgan fingerprint density at radius 3 is 1.05 bits per heavy atom. The molecule has 0 aromatic rings. The quantitative estimate of drug-likeness (QED) is 0.452. The molecule has 2 unspecified atom stereocenters. The lowest BCUT2D eigenvalue weighted by molar-refractivity contribution is 0.301. The van der Waals surface area contributed by atoms with Crippen LogP contribution in [0, 0.1) is 11.8 Å². The maximum absolute atomic E-state index is 2.37. The van der Waals surface area contributed by atoms with Gasteiger partial charge in [-0.25, -0.2) is 0 Å². The Balaban J connectivity index is -0.0000000360. The summed E-state index contributed by atoms with van der Waals surface area (Å²) < 4.78 is 0. The zero-order chi connectivity index (χ0) is 14.1.